The number of fused-ring (bicyclic) bond motifs is 1. The Morgan fingerprint density at radius 1 is 1.00 bits per heavy atom. The number of benzene rings is 2. The molecule has 0 aliphatic rings. The van der Waals surface area contributed by atoms with E-state index < -0.39 is 0 Å². The van der Waals surface area contributed by atoms with Crippen LogP contribution in [0.2, 0.25) is 0 Å². The molecule has 0 atom stereocenters. The van der Waals surface area contributed by atoms with Crippen LogP contribution in [0.4, 0.5) is 5.69 Å². The van der Waals surface area contributed by atoms with Crippen LogP contribution in [-0.2, 0) is 0 Å². The van der Waals surface area contributed by atoms with Gasteiger partial charge in [0.25, 0.3) is 0 Å². The number of rotatable bonds is 2. The van der Waals surface area contributed by atoms with Crippen molar-refractivity contribution >= 4 is 39.0 Å². The molecule has 0 unspecified atom stereocenters. The van der Waals surface area contributed by atoms with Crippen molar-refractivity contribution < 1.29 is 0 Å². The fourth-order valence-electron chi connectivity index (χ4n) is 1.53. The predicted molar refractivity (Wildman–Crippen MR) is 74.6 cm³/mol. The van der Waals surface area contributed by atoms with Crippen LogP contribution in [0.25, 0.3) is 10.2 Å². The second-order valence-corrected chi connectivity index (χ2v) is 5.97. The number of nitrogen functional groups attached to an aromatic ring is 1. The molecule has 0 fully saturated rings. The van der Waals surface area contributed by atoms with Crippen LogP contribution in [0.1, 0.15) is 0 Å². The van der Waals surface area contributed by atoms with Gasteiger partial charge in [-0.3, -0.25) is 0 Å². The van der Waals surface area contributed by atoms with Gasteiger partial charge in [-0.2, -0.15) is 0 Å². The Bertz CT molecular complexity index is 611. The molecule has 0 bridgehead atoms. The van der Waals surface area contributed by atoms with E-state index in [1.54, 1.807) is 23.1 Å². The molecule has 0 saturated carbocycles. The van der Waals surface area contributed by atoms with Gasteiger partial charge in [-0.15, -0.1) is 11.3 Å². The standard InChI is InChI=1S/C13H10N2S2/c14-9-5-7-10(8-6-9)16-13-15-11-3-1-2-4-12(11)17-13/h1-8H,14H2. The summed E-state index contributed by atoms with van der Waals surface area (Å²) in [6.45, 7) is 0. The number of thiazole rings is 1. The van der Waals surface area contributed by atoms with E-state index in [4.69, 9.17) is 5.73 Å². The van der Waals surface area contributed by atoms with E-state index in [0.29, 0.717) is 0 Å². The number of aromatic nitrogens is 1. The van der Waals surface area contributed by atoms with Crippen molar-refractivity contribution in [2.75, 3.05) is 5.73 Å². The number of para-hydroxylation sites is 1. The van der Waals surface area contributed by atoms with E-state index in [0.717, 1.165) is 15.5 Å². The number of nitrogens with zero attached hydrogens (tertiary/aromatic N) is 1. The average molecular weight is 258 g/mol. The number of anilines is 1. The maximum Gasteiger partial charge on any atom is 0.155 e. The summed E-state index contributed by atoms with van der Waals surface area (Å²) in [7, 11) is 0. The van der Waals surface area contributed by atoms with Crippen molar-refractivity contribution in [3.05, 3.63) is 48.5 Å². The second kappa shape index (κ2) is 4.39. The zero-order valence-electron chi connectivity index (χ0n) is 8.96. The van der Waals surface area contributed by atoms with Crippen molar-refractivity contribution in [1.29, 1.82) is 0 Å². The zero-order valence-corrected chi connectivity index (χ0v) is 10.6. The van der Waals surface area contributed by atoms with E-state index in [-0.39, 0.29) is 0 Å². The van der Waals surface area contributed by atoms with Gasteiger partial charge in [0.2, 0.25) is 0 Å². The van der Waals surface area contributed by atoms with Gasteiger partial charge in [-0.25, -0.2) is 4.98 Å². The number of hydrogen-bond acceptors (Lipinski definition) is 4. The lowest BCUT2D eigenvalue weighted by Gasteiger charge is -1.97. The van der Waals surface area contributed by atoms with Crippen molar-refractivity contribution in [2.45, 2.75) is 9.24 Å². The Morgan fingerprint density at radius 2 is 1.76 bits per heavy atom. The van der Waals surface area contributed by atoms with Crippen LogP contribution in [0.5, 0.6) is 0 Å². The van der Waals surface area contributed by atoms with Crippen LogP contribution >= 0.6 is 23.1 Å². The minimum Gasteiger partial charge on any atom is -0.399 e. The first kappa shape index (κ1) is 10.6. The Kier molecular flexibility index (Phi) is 2.74. The molecule has 1 heterocycles. The van der Waals surface area contributed by atoms with Crippen molar-refractivity contribution in [2.24, 2.45) is 0 Å². The van der Waals surface area contributed by atoms with Crippen LogP contribution < -0.4 is 5.73 Å². The molecule has 2 nitrogen and oxygen atoms in total. The van der Waals surface area contributed by atoms with Crippen LogP contribution in [0, 0.1) is 0 Å². The largest absolute Gasteiger partial charge is 0.399 e. The first-order chi connectivity index (χ1) is 8.31. The minimum absolute atomic E-state index is 0.790. The minimum atomic E-state index is 0.790. The molecule has 17 heavy (non-hydrogen) atoms. The molecular weight excluding hydrogens is 248 g/mol. The first-order valence-electron chi connectivity index (χ1n) is 5.20. The Morgan fingerprint density at radius 3 is 2.53 bits per heavy atom. The molecule has 0 spiro atoms. The molecule has 0 saturated heterocycles. The normalized spacial score (nSPS) is 10.8. The summed E-state index contributed by atoms with van der Waals surface area (Å²) in [5.74, 6) is 0. The van der Waals surface area contributed by atoms with E-state index >= 15 is 0 Å². The third-order valence-corrected chi connectivity index (χ3v) is 4.46. The van der Waals surface area contributed by atoms with Crippen molar-refractivity contribution in [3.63, 3.8) is 0 Å². The molecule has 4 heteroatoms. The Hall–Kier alpha value is -1.52. The fourth-order valence-corrected chi connectivity index (χ4v) is 3.57. The Balaban J connectivity index is 1.92. The lowest BCUT2D eigenvalue weighted by Crippen LogP contribution is -1.82. The van der Waals surface area contributed by atoms with Gasteiger partial charge in [0.05, 0.1) is 10.2 Å². The molecule has 1 aromatic heterocycles. The maximum atomic E-state index is 5.66. The summed E-state index contributed by atoms with van der Waals surface area (Å²) in [5, 5.41) is 0. The molecule has 2 aromatic carbocycles. The summed E-state index contributed by atoms with van der Waals surface area (Å²) >= 11 is 3.39. The second-order valence-electron chi connectivity index (χ2n) is 3.62. The molecule has 2 N–H and O–H groups in total. The van der Waals surface area contributed by atoms with E-state index in [2.05, 4.69) is 11.1 Å². The number of nitrogens with two attached hydrogens (primary N) is 1. The van der Waals surface area contributed by atoms with Gasteiger partial charge in [0.1, 0.15) is 0 Å². The summed E-state index contributed by atoms with van der Waals surface area (Å²) < 4.78 is 2.29. The molecule has 0 aliphatic carbocycles. The summed E-state index contributed by atoms with van der Waals surface area (Å²) in [6.07, 6.45) is 0. The highest BCUT2D eigenvalue weighted by atomic mass is 32.2. The predicted octanol–water partition coefficient (Wildman–Crippen LogP) is 4.03. The molecule has 0 aliphatic heterocycles. The van der Waals surface area contributed by atoms with Crippen molar-refractivity contribution in [1.82, 2.24) is 4.98 Å². The smallest absolute Gasteiger partial charge is 0.155 e. The van der Waals surface area contributed by atoms with Gasteiger partial charge < -0.3 is 5.73 Å². The lowest BCUT2D eigenvalue weighted by atomic mass is 10.3. The molecule has 3 rings (SSSR count). The molecule has 84 valence electrons. The van der Waals surface area contributed by atoms with Crippen LogP contribution in [0.3, 0.4) is 0 Å². The quantitative estimate of drug-likeness (QED) is 0.705. The SMILES string of the molecule is Nc1ccc(Sc2nc3ccccc3s2)cc1. The van der Waals surface area contributed by atoms with E-state index in [1.165, 1.54) is 9.60 Å². The third kappa shape index (κ3) is 2.28. The van der Waals surface area contributed by atoms with E-state index in [1.807, 2.05) is 42.5 Å². The maximum absolute atomic E-state index is 5.66. The van der Waals surface area contributed by atoms with Gasteiger partial charge >= 0.3 is 0 Å². The number of hydrogen-bond donors (Lipinski definition) is 1. The summed E-state index contributed by atoms with van der Waals surface area (Å²) in [5.41, 5.74) is 7.51. The third-order valence-electron chi connectivity index (χ3n) is 2.36. The molecule has 0 amide bonds. The van der Waals surface area contributed by atoms with Crippen molar-refractivity contribution in [3.8, 4) is 0 Å². The van der Waals surface area contributed by atoms with Gasteiger partial charge in [0.15, 0.2) is 4.34 Å². The first-order valence-corrected chi connectivity index (χ1v) is 6.83. The topological polar surface area (TPSA) is 38.9 Å². The van der Waals surface area contributed by atoms with Gasteiger partial charge in [0, 0.05) is 10.6 Å². The van der Waals surface area contributed by atoms with Crippen LogP contribution in [0.15, 0.2) is 57.8 Å². The highest BCUT2D eigenvalue weighted by molar-refractivity contribution is 8.01. The molecular formula is C13H10N2S2. The van der Waals surface area contributed by atoms with E-state index in [9.17, 15) is 0 Å². The lowest BCUT2D eigenvalue weighted by molar-refractivity contribution is 1.29. The molecule has 3 aromatic rings. The van der Waals surface area contributed by atoms with Gasteiger partial charge in [-0.05, 0) is 36.4 Å². The molecule has 0 radical (unpaired) electrons. The fraction of sp³-hybridized carbons (Fsp3) is 0. The zero-order chi connectivity index (χ0) is 11.7. The summed E-state index contributed by atoms with van der Waals surface area (Å²) in [6, 6.07) is 16.1. The monoisotopic (exact) mass is 258 g/mol. The average Bonchev–Trinajstić information content (AvgIpc) is 2.74. The van der Waals surface area contributed by atoms with Gasteiger partial charge in [-0.1, -0.05) is 23.9 Å². The Labute approximate surface area is 107 Å². The summed E-state index contributed by atoms with van der Waals surface area (Å²) in [4.78, 5) is 5.75. The highest BCUT2D eigenvalue weighted by Gasteiger charge is 2.04. The van der Waals surface area contributed by atoms with Crippen LogP contribution in [-0.4, -0.2) is 4.98 Å². The highest BCUT2D eigenvalue weighted by Crippen LogP contribution is 2.34.